The molecule has 0 spiro atoms. The summed E-state index contributed by atoms with van der Waals surface area (Å²) in [6.45, 7) is 1.50. The van der Waals surface area contributed by atoms with Crippen molar-refractivity contribution in [3.8, 4) is 0 Å². The summed E-state index contributed by atoms with van der Waals surface area (Å²) >= 11 is 7.82. The minimum atomic E-state index is -2.99. The Labute approximate surface area is 203 Å². The van der Waals surface area contributed by atoms with E-state index in [-0.39, 0.29) is 28.7 Å². The van der Waals surface area contributed by atoms with Crippen LogP contribution in [0.1, 0.15) is 28.8 Å². The quantitative estimate of drug-likeness (QED) is 0.679. The van der Waals surface area contributed by atoms with E-state index in [0.29, 0.717) is 27.4 Å². The summed E-state index contributed by atoms with van der Waals surface area (Å²) in [7, 11) is -2.99. The van der Waals surface area contributed by atoms with E-state index in [1.54, 1.807) is 18.2 Å². The second kappa shape index (κ2) is 9.31. The molecule has 3 aliphatic heterocycles. The molecule has 33 heavy (non-hydrogen) atoms. The Morgan fingerprint density at radius 3 is 2.61 bits per heavy atom. The van der Waals surface area contributed by atoms with Crippen molar-refractivity contribution in [3.05, 3.63) is 64.7 Å². The molecule has 1 N–H and O–H groups in total. The van der Waals surface area contributed by atoms with Crippen LogP contribution in [0.4, 0.5) is 5.69 Å². The predicted molar refractivity (Wildman–Crippen MR) is 135 cm³/mol. The lowest BCUT2D eigenvalue weighted by Crippen LogP contribution is -2.38. The number of amidine groups is 1. The number of aliphatic imine (C=N–C) groups is 1. The molecule has 3 aliphatic rings. The molecule has 2 saturated heterocycles. The lowest BCUT2D eigenvalue weighted by atomic mass is 9.90. The van der Waals surface area contributed by atoms with Gasteiger partial charge in [0.05, 0.1) is 28.3 Å². The third-order valence-corrected chi connectivity index (χ3v) is 10.0. The number of thioether (sulfide) groups is 1. The summed E-state index contributed by atoms with van der Waals surface area (Å²) < 4.78 is 23.6. The second-order valence-electron chi connectivity index (χ2n) is 8.98. The molecule has 0 aromatic heterocycles. The van der Waals surface area contributed by atoms with E-state index in [1.165, 1.54) is 17.3 Å². The lowest BCUT2D eigenvalue weighted by Gasteiger charge is -2.32. The Morgan fingerprint density at radius 2 is 1.88 bits per heavy atom. The molecule has 9 heteroatoms. The number of hydrogen-bond donors (Lipinski definition) is 1. The van der Waals surface area contributed by atoms with Crippen LogP contribution in [0.25, 0.3) is 0 Å². The largest absolute Gasteiger partial charge is 0.339 e. The minimum Gasteiger partial charge on any atom is -0.339 e. The van der Waals surface area contributed by atoms with Gasteiger partial charge in [-0.05, 0) is 48.9 Å². The highest BCUT2D eigenvalue weighted by Crippen LogP contribution is 2.36. The smallest absolute Gasteiger partial charge is 0.253 e. The number of amides is 1. The van der Waals surface area contributed by atoms with E-state index >= 15 is 0 Å². The van der Waals surface area contributed by atoms with Gasteiger partial charge in [-0.15, -0.1) is 0 Å². The van der Waals surface area contributed by atoms with Crippen LogP contribution in [0.5, 0.6) is 0 Å². The van der Waals surface area contributed by atoms with Crippen molar-refractivity contribution in [2.75, 3.05) is 29.9 Å². The van der Waals surface area contributed by atoms with E-state index in [4.69, 9.17) is 11.6 Å². The summed E-state index contributed by atoms with van der Waals surface area (Å²) in [4.78, 5) is 19.6. The van der Waals surface area contributed by atoms with Crippen LogP contribution in [0.15, 0.2) is 53.5 Å². The summed E-state index contributed by atoms with van der Waals surface area (Å²) in [6.07, 6.45) is 3.05. The number of piperidine rings is 1. The molecule has 2 unspecified atom stereocenters. The average molecular weight is 504 g/mol. The lowest BCUT2D eigenvalue weighted by molar-refractivity contribution is 0.0690. The minimum absolute atomic E-state index is 0.0110. The van der Waals surface area contributed by atoms with Crippen LogP contribution in [0, 0.1) is 5.92 Å². The molecule has 2 atom stereocenters. The van der Waals surface area contributed by atoms with E-state index in [1.807, 2.05) is 11.0 Å². The van der Waals surface area contributed by atoms with Crippen LogP contribution < -0.4 is 5.32 Å². The molecule has 2 aromatic carbocycles. The van der Waals surface area contributed by atoms with Crippen molar-refractivity contribution in [1.29, 1.82) is 0 Å². The number of halogens is 1. The van der Waals surface area contributed by atoms with Gasteiger partial charge in [0.15, 0.2) is 15.0 Å². The van der Waals surface area contributed by atoms with Crippen LogP contribution in [-0.2, 0) is 16.3 Å². The summed E-state index contributed by atoms with van der Waals surface area (Å²) in [6, 6.07) is 15.6. The molecule has 3 heterocycles. The van der Waals surface area contributed by atoms with Crippen LogP contribution in [0.2, 0.25) is 5.02 Å². The summed E-state index contributed by atoms with van der Waals surface area (Å²) in [5.74, 6) is 0.864. The first-order valence-electron chi connectivity index (χ1n) is 11.2. The number of rotatable bonds is 4. The van der Waals surface area contributed by atoms with Gasteiger partial charge in [0.25, 0.3) is 5.91 Å². The van der Waals surface area contributed by atoms with Crippen LogP contribution in [0.3, 0.4) is 0 Å². The maximum absolute atomic E-state index is 13.1. The summed E-state index contributed by atoms with van der Waals surface area (Å²) in [5, 5.41) is 4.33. The van der Waals surface area contributed by atoms with E-state index < -0.39 is 9.84 Å². The molecule has 2 aromatic rings. The van der Waals surface area contributed by atoms with Crippen molar-refractivity contribution >= 4 is 50.0 Å². The standard InChI is InChI=1S/C24H26ClN3O3S2/c25-19-7-6-18(13-20(19)26-24-27-21-14-33(30,31)15-22(21)32-24)23(29)28-10-8-17(9-11-28)12-16-4-2-1-3-5-16/h1-7,13,17,21-22H,8-12,14-15H2,(H,26,27). The van der Waals surface area contributed by atoms with Crippen molar-refractivity contribution in [2.24, 2.45) is 10.9 Å². The van der Waals surface area contributed by atoms with Crippen LogP contribution >= 0.6 is 23.4 Å². The van der Waals surface area contributed by atoms with Gasteiger partial charge in [0, 0.05) is 23.9 Å². The zero-order chi connectivity index (χ0) is 23.0. The predicted octanol–water partition coefficient (Wildman–Crippen LogP) is 4.12. The molecule has 5 rings (SSSR count). The van der Waals surface area contributed by atoms with E-state index in [0.717, 1.165) is 32.4 Å². The first-order valence-corrected chi connectivity index (χ1v) is 14.3. The van der Waals surface area contributed by atoms with E-state index in [2.05, 4.69) is 34.6 Å². The number of likely N-dealkylation sites (tertiary alicyclic amines) is 1. The van der Waals surface area contributed by atoms with Crippen LogP contribution in [-0.4, -0.2) is 60.3 Å². The monoisotopic (exact) mass is 503 g/mol. The first-order chi connectivity index (χ1) is 15.9. The first kappa shape index (κ1) is 22.7. The normalized spacial score (nSPS) is 24.4. The number of fused-ring (bicyclic) bond motifs is 1. The summed E-state index contributed by atoms with van der Waals surface area (Å²) in [5.41, 5.74) is 2.57. The highest BCUT2D eigenvalue weighted by atomic mass is 35.5. The highest BCUT2D eigenvalue weighted by Gasteiger charge is 2.42. The third-order valence-electron chi connectivity index (χ3n) is 6.54. The Bertz CT molecular complexity index is 1180. The Balaban J connectivity index is 1.21. The van der Waals surface area contributed by atoms with Gasteiger partial charge in [0.2, 0.25) is 0 Å². The third kappa shape index (κ3) is 5.23. The molecular formula is C24H26ClN3O3S2. The van der Waals surface area contributed by atoms with Gasteiger partial charge in [-0.1, -0.05) is 53.7 Å². The topological polar surface area (TPSA) is 78.8 Å². The zero-order valence-corrected chi connectivity index (χ0v) is 20.5. The Kier molecular flexibility index (Phi) is 6.42. The number of hydrogen-bond acceptors (Lipinski definition) is 6. The molecule has 0 saturated carbocycles. The average Bonchev–Trinajstić information content (AvgIpc) is 3.28. The van der Waals surface area contributed by atoms with Gasteiger partial charge in [-0.3, -0.25) is 9.79 Å². The maximum Gasteiger partial charge on any atom is 0.253 e. The van der Waals surface area contributed by atoms with Crippen molar-refractivity contribution in [3.63, 3.8) is 0 Å². The van der Waals surface area contributed by atoms with E-state index in [9.17, 15) is 13.2 Å². The maximum atomic E-state index is 13.1. The molecule has 0 radical (unpaired) electrons. The molecule has 0 bridgehead atoms. The molecule has 174 valence electrons. The number of carbonyl (C=O) groups is 1. The fourth-order valence-corrected chi connectivity index (χ4v) is 8.59. The number of sulfone groups is 1. The van der Waals surface area contributed by atoms with Crippen molar-refractivity contribution < 1.29 is 13.2 Å². The zero-order valence-electron chi connectivity index (χ0n) is 18.1. The second-order valence-corrected chi connectivity index (χ2v) is 12.8. The Morgan fingerprint density at radius 1 is 1.12 bits per heavy atom. The number of carbonyl (C=O) groups excluding carboxylic acids is 1. The van der Waals surface area contributed by atoms with Gasteiger partial charge in [0.1, 0.15) is 0 Å². The van der Waals surface area contributed by atoms with Crippen molar-refractivity contribution in [1.82, 2.24) is 4.90 Å². The number of benzene rings is 2. The molecule has 1 amide bonds. The van der Waals surface area contributed by atoms with Gasteiger partial charge >= 0.3 is 0 Å². The highest BCUT2D eigenvalue weighted by molar-refractivity contribution is 8.15. The molecule has 6 nitrogen and oxygen atoms in total. The fourth-order valence-electron chi connectivity index (χ4n) is 4.76. The fraction of sp³-hybridized carbons (Fsp3) is 0.417. The number of anilines is 1. The van der Waals surface area contributed by atoms with Crippen molar-refractivity contribution in [2.45, 2.75) is 30.6 Å². The number of nitrogens with one attached hydrogen (secondary N) is 1. The molecule has 2 fully saturated rings. The Hall–Kier alpha value is -2.03. The van der Waals surface area contributed by atoms with Gasteiger partial charge in [-0.2, -0.15) is 0 Å². The van der Waals surface area contributed by atoms with Gasteiger partial charge in [-0.25, -0.2) is 8.42 Å². The van der Waals surface area contributed by atoms with Gasteiger partial charge < -0.3 is 10.2 Å². The molecular weight excluding hydrogens is 478 g/mol. The molecule has 0 aliphatic carbocycles. The SMILES string of the molecule is O=C(c1ccc(Cl)c(NC2=NC3CS(=O)(=O)CC3S2)c1)N1CCC(Cc2ccccc2)CC1. The number of nitrogens with zero attached hydrogens (tertiary/aromatic N) is 2.